The number of hydrogen-bond donors (Lipinski definition) is 1. The molecule has 0 aliphatic carbocycles. The number of hydrogen-bond acceptors (Lipinski definition) is 1. The van der Waals surface area contributed by atoms with E-state index in [1.54, 1.807) is 0 Å². The van der Waals surface area contributed by atoms with Crippen LogP contribution in [0.4, 0.5) is 17.6 Å². The topological polar surface area (TPSA) is 26.0 Å². The van der Waals surface area contributed by atoms with Gasteiger partial charge in [0, 0.05) is 12.5 Å². The van der Waals surface area contributed by atoms with Crippen molar-refractivity contribution in [1.82, 2.24) is 0 Å². The summed E-state index contributed by atoms with van der Waals surface area (Å²) in [4.78, 5) is 0. The van der Waals surface area contributed by atoms with Crippen LogP contribution in [0.2, 0.25) is 0 Å². The number of alkyl halides is 4. The van der Waals surface area contributed by atoms with Gasteiger partial charge in [-0.05, 0) is 24.6 Å². The molecule has 0 spiro atoms. The standard InChI is InChI=1S/C11H13F4N/c1-7(16)10(12)6-8-2-4-9(5-3-8)11(13,14)15/h2-5,7,10H,6,16H2,1H3. The van der Waals surface area contributed by atoms with Crippen LogP contribution in [0, 0.1) is 0 Å². The van der Waals surface area contributed by atoms with E-state index in [2.05, 4.69) is 0 Å². The molecule has 1 aromatic carbocycles. The monoisotopic (exact) mass is 235 g/mol. The van der Waals surface area contributed by atoms with Crippen molar-refractivity contribution in [2.75, 3.05) is 0 Å². The summed E-state index contributed by atoms with van der Waals surface area (Å²) in [6.45, 7) is 1.52. The van der Waals surface area contributed by atoms with E-state index in [-0.39, 0.29) is 6.42 Å². The highest BCUT2D eigenvalue weighted by Gasteiger charge is 2.30. The van der Waals surface area contributed by atoms with E-state index in [1.807, 2.05) is 0 Å². The average Bonchev–Trinajstić information content (AvgIpc) is 2.17. The molecule has 0 fully saturated rings. The fourth-order valence-corrected chi connectivity index (χ4v) is 1.24. The van der Waals surface area contributed by atoms with Gasteiger partial charge in [0.1, 0.15) is 6.17 Å². The number of rotatable bonds is 3. The van der Waals surface area contributed by atoms with Gasteiger partial charge in [0.25, 0.3) is 0 Å². The second kappa shape index (κ2) is 4.82. The van der Waals surface area contributed by atoms with E-state index in [9.17, 15) is 17.6 Å². The Kier molecular flexibility index (Phi) is 3.91. The molecule has 2 N–H and O–H groups in total. The number of benzene rings is 1. The second-order valence-electron chi connectivity index (χ2n) is 3.77. The molecule has 0 aromatic heterocycles. The van der Waals surface area contributed by atoms with E-state index >= 15 is 0 Å². The van der Waals surface area contributed by atoms with Crippen molar-refractivity contribution >= 4 is 0 Å². The summed E-state index contributed by atoms with van der Waals surface area (Å²) in [7, 11) is 0. The first-order valence-electron chi connectivity index (χ1n) is 4.86. The zero-order valence-corrected chi connectivity index (χ0v) is 8.76. The molecular formula is C11H13F4N. The summed E-state index contributed by atoms with van der Waals surface area (Å²) in [6, 6.07) is 3.82. The molecule has 0 saturated heterocycles. The molecule has 0 aliphatic heterocycles. The van der Waals surface area contributed by atoms with Crippen molar-refractivity contribution in [1.29, 1.82) is 0 Å². The van der Waals surface area contributed by atoms with Crippen molar-refractivity contribution in [2.45, 2.75) is 31.7 Å². The fourth-order valence-electron chi connectivity index (χ4n) is 1.24. The summed E-state index contributed by atoms with van der Waals surface area (Å²) in [5.74, 6) is 0. The molecule has 0 bridgehead atoms. The van der Waals surface area contributed by atoms with Gasteiger partial charge in [-0.2, -0.15) is 13.2 Å². The molecule has 2 atom stereocenters. The van der Waals surface area contributed by atoms with Crippen LogP contribution in [0.1, 0.15) is 18.1 Å². The van der Waals surface area contributed by atoms with Gasteiger partial charge in [-0.25, -0.2) is 4.39 Å². The van der Waals surface area contributed by atoms with Crippen molar-refractivity contribution in [3.63, 3.8) is 0 Å². The summed E-state index contributed by atoms with van der Waals surface area (Å²) in [6.07, 6.45) is -5.55. The molecule has 2 unspecified atom stereocenters. The second-order valence-corrected chi connectivity index (χ2v) is 3.77. The summed E-state index contributed by atoms with van der Waals surface area (Å²) >= 11 is 0. The van der Waals surface area contributed by atoms with E-state index in [0.717, 1.165) is 12.1 Å². The SMILES string of the molecule is CC(N)C(F)Cc1ccc(C(F)(F)F)cc1. The fraction of sp³-hybridized carbons (Fsp3) is 0.455. The molecule has 1 aromatic rings. The van der Waals surface area contributed by atoms with E-state index < -0.39 is 24.0 Å². The van der Waals surface area contributed by atoms with Gasteiger partial charge in [0.05, 0.1) is 5.56 Å². The predicted molar refractivity (Wildman–Crippen MR) is 53.7 cm³/mol. The Hall–Kier alpha value is -1.10. The molecule has 5 heteroatoms. The molecule has 0 heterocycles. The molecule has 0 saturated carbocycles. The zero-order chi connectivity index (χ0) is 12.3. The van der Waals surface area contributed by atoms with Crippen LogP contribution in [0.25, 0.3) is 0 Å². The molecule has 0 aliphatic rings. The lowest BCUT2D eigenvalue weighted by atomic mass is 10.0. The molecular weight excluding hydrogens is 222 g/mol. The highest BCUT2D eigenvalue weighted by Crippen LogP contribution is 2.29. The molecule has 1 rings (SSSR count). The van der Waals surface area contributed by atoms with Crippen LogP contribution in [-0.2, 0) is 12.6 Å². The molecule has 1 nitrogen and oxygen atoms in total. The Balaban J connectivity index is 2.72. The van der Waals surface area contributed by atoms with Gasteiger partial charge in [-0.1, -0.05) is 12.1 Å². The Morgan fingerprint density at radius 2 is 1.69 bits per heavy atom. The third kappa shape index (κ3) is 3.48. The third-order valence-corrected chi connectivity index (χ3v) is 2.28. The number of nitrogens with two attached hydrogens (primary N) is 1. The van der Waals surface area contributed by atoms with Gasteiger partial charge in [0.15, 0.2) is 0 Å². The van der Waals surface area contributed by atoms with Crippen LogP contribution in [0.5, 0.6) is 0 Å². The Morgan fingerprint density at radius 1 is 1.19 bits per heavy atom. The average molecular weight is 235 g/mol. The largest absolute Gasteiger partial charge is 0.416 e. The lowest BCUT2D eigenvalue weighted by molar-refractivity contribution is -0.137. The smallest absolute Gasteiger partial charge is 0.325 e. The maximum atomic E-state index is 13.2. The third-order valence-electron chi connectivity index (χ3n) is 2.28. The lowest BCUT2D eigenvalue weighted by Crippen LogP contribution is -2.29. The summed E-state index contributed by atoms with van der Waals surface area (Å²) in [5.41, 5.74) is 5.11. The first-order valence-corrected chi connectivity index (χ1v) is 4.86. The summed E-state index contributed by atoms with van der Waals surface area (Å²) in [5, 5.41) is 0. The number of halogens is 4. The van der Waals surface area contributed by atoms with Crippen LogP contribution >= 0.6 is 0 Å². The van der Waals surface area contributed by atoms with Gasteiger partial charge < -0.3 is 5.73 Å². The van der Waals surface area contributed by atoms with Gasteiger partial charge in [-0.15, -0.1) is 0 Å². The van der Waals surface area contributed by atoms with Gasteiger partial charge in [0.2, 0.25) is 0 Å². The molecule has 0 radical (unpaired) electrons. The van der Waals surface area contributed by atoms with E-state index in [4.69, 9.17) is 5.73 Å². The zero-order valence-electron chi connectivity index (χ0n) is 8.76. The van der Waals surface area contributed by atoms with Crippen molar-refractivity contribution in [3.8, 4) is 0 Å². The van der Waals surface area contributed by atoms with E-state index in [0.29, 0.717) is 5.56 Å². The molecule has 90 valence electrons. The first kappa shape index (κ1) is 13.0. The first-order chi connectivity index (χ1) is 7.30. The quantitative estimate of drug-likeness (QED) is 0.801. The highest BCUT2D eigenvalue weighted by atomic mass is 19.4. The van der Waals surface area contributed by atoms with Crippen molar-refractivity contribution in [3.05, 3.63) is 35.4 Å². The van der Waals surface area contributed by atoms with Crippen molar-refractivity contribution in [2.24, 2.45) is 5.73 Å². The molecule has 0 amide bonds. The van der Waals surface area contributed by atoms with Gasteiger partial charge >= 0.3 is 6.18 Å². The summed E-state index contributed by atoms with van der Waals surface area (Å²) < 4.78 is 49.8. The highest BCUT2D eigenvalue weighted by molar-refractivity contribution is 5.25. The normalized spacial score (nSPS) is 15.9. The predicted octanol–water partition coefficient (Wildman–Crippen LogP) is 2.93. The maximum absolute atomic E-state index is 13.2. The van der Waals surface area contributed by atoms with E-state index in [1.165, 1.54) is 19.1 Å². The Morgan fingerprint density at radius 3 is 2.06 bits per heavy atom. The Bertz CT molecular complexity index is 329. The minimum Gasteiger partial charge on any atom is -0.325 e. The minimum absolute atomic E-state index is 0.0375. The minimum atomic E-state index is -4.35. The maximum Gasteiger partial charge on any atom is 0.416 e. The van der Waals surface area contributed by atoms with Crippen molar-refractivity contribution < 1.29 is 17.6 Å². The van der Waals surface area contributed by atoms with Crippen LogP contribution in [0.15, 0.2) is 24.3 Å². The molecule has 16 heavy (non-hydrogen) atoms. The van der Waals surface area contributed by atoms with Gasteiger partial charge in [-0.3, -0.25) is 0 Å². The van der Waals surface area contributed by atoms with Crippen LogP contribution < -0.4 is 5.73 Å². The lowest BCUT2D eigenvalue weighted by Gasteiger charge is -2.12. The van der Waals surface area contributed by atoms with Crippen LogP contribution in [0.3, 0.4) is 0 Å². The Labute approximate surface area is 91.3 Å². The van der Waals surface area contributed by atoms with Crippen LogP contribution in [-0.4, -0.2) is 12.2 Å².